The van der Waals surface area contributed by atoms with Gasteiger partial charge in [-0.1, -0.05) is 37.5 Å². The lowest BCUT2D eigenvalue weighted by molar-refractivity contribution is 0.246. The minimum absolute atomic E-state index is 0.248. The first-order valence-corrected chi connectivity index (χ1v) is 8.95. The van der Waals surface area contributed by atoms with Crippen molar-refractivity contribution in [3.63, 3.8) is 0 Å². The first-order valence-electron chi connectivity index (χ1n) is 7.51. The number of aryl methyl sites for hydroxylation is 1. The molecular formula is C16H23NO2S. The second kappa shape index (κ2) is 4.85. The van der Waals surface area contributed by atoms with Gasteiger partial charge in [-0.3, -0.25) is 0 Å². The van der Waals surface area contributed by atoms with Gasteiger partial charge in [0, 0.05) is 13.1 Å². The lowest BCUT2D eigenvalue weighted by Gasteiger charge is -2.27. The Bertz CT molecular complexity index is 585. The zero-order chi connectivity index (χ0) is 14.4. The second-order valence-electron chi connectivity index (χ2n) is 6.58. The molecule has 1 aromatic carbocycles. The molecule has 1 unspecified atom stereocenters. The van der Waals surface area contributed by atoms with E-state index in [0.717, 1.165) is 5.56 Å². The third-order valence-corrected chi connectivity index (χ3v) is 7.10. The van der Waals surface area contributed by atoms with E-state index >= 15 is 0 Å². The van der Waals surface area contributed by atoms with E-state index in [1.807, 2.05) is 19.1 Å². The third kappa shape index (κ3) is 2.19. The molecule has 20 heavy (non-hydrogen) atoms. The van der Waals surface area contributed by atoms with E-state index in [1.165, 1.54) is 25.7 Å². The monoisotopic (exact) mass is 293 g/mol. The molecule has 1 spiro atoms. The van der Waals surface area contributed by atoms with Gasteiger partial charge in [0.1, 0.15) is 0 Å². The highest BCUT2D eigenvalue weighted by molar-refractivity contribution is 7.89. The van der Waals surface area contributed by atoms with Crippen molar-refractivity contribution in [2.24, 2.45) is 11.3 Å². The molecule has 3 rings (SSSR count). The Morgan fingerprint density at radius 1 is 1.15 bits per heavy atom. The summed E-state index contributed by atoms with van der Waals surface area (Å²) < 4.78 is 27.2. The van der Waals surface area contributed by atoms with Crippen LogP contribution in [0.5, 0.6) is 0 Å². The smallest absolute Gasteiger partial charge is 0.207 e. The molecule has 0 bridgehead atoms. The Labute approximate surface area is 122 Å². The zero-order valence-corrected chi connectivity index (χ0v) is 13.1. The molecule has 0 radical (unpaired) electrons. The first-order chi connectivity index (χ1) is 9.44. The highest BCUT2D eigenvalue weighted by Crippen LogP contribution is 2.49. The van der Waals surface area contributed by atoms with Crippen molar-refractivity contribution in [3.05, 3.63) is 29.8 Å². The van der Waals surface area contributed by atoms with E-state index in [0.29, 0.717) is 23.9 Å². The number of rotatable bonds is 2. The van der Waals surface area contributed by atoms with Crippen LogP contribution in [0.4, 0.5) is 0 Å². The van der Waals surface area contributed by atoms with Crippen LogP contribution in [-0.2, 0) is 10.0 Å². The normalized spacial score (nSPS) is 26.4. The SMILES string of the molecule is Cc1ccc(S(=O)(=O)N2CC(C)C3(CCCC3)C2)cc1. The summed E-state index contributed by atoms with van der Waals surface area (Å²) in [6.45, 7) is 5.58. The fourth-order valence-electron chi connectivity index (χ4n) is 3.84. The maximum Gasteiger partial charge on any atom is 0.243 e. The summed E-state index contributed by atoms with van der Waals surface area (Å²) in [6, 6.07) is 7.21. The predicted molar refractivity (Wildman–Crippen MR) is 80.0 cm³/mol. The van der Waals surface area contributed by atoms with Crippen LogP contribution < -0.4 is 0 Å². The van der Waals surface area contributed by atoms with Gasteiger partial charge in [0.05, 0.1) is 4.90 Å². The van der Waals surface area contributed by atoms with Gasteiger partial charge in [0.25, 0.3) is 0 Å². The lowest BCUT2D eigenvalue weighted by atomic mass is 9.78. The van der Waals surface area contributed by atoms with Crippen LogP contribution in [-0.4, -0.2) is 25.8 Å². The van der Waals surface area contributed by atoms with Crippen LogP contribution in [0, 0.1) is 18.3 Å². The fraction of sp³-hybridized carbons (Fsp3) is 0.625. The molecular weight excluding hydrogens is 270 g/mol. The molecule has 0 amide bonds. The Hall–Kier alpha value is -0.870. The average Bonchev–Trinajstić information content (AvgIpc) is 3.00. The molecule has 1 aliphatic carbocycles. The minimum Gasteiger partial charge on any atom is -0.207 e. The number of hydrogen-bond acceptors (Lipinski definition) is 2. The van der Waals surface area contributed by atoms with Gasteiger partial charge in [-0.2, -0.15) is 4.31 Å². The maximum absolute atomic E-state index is 12.8. The molecule has 3 nitrogen and oxygen atoms in total. The van der Waals surface area contributed by atoms with Gasteiger partial charge in [0.2, 0.25) is 10.0 Å². The van der Waals surface area contributed by atoms with Crippen molar-refractivity contribution in [1.29, 1.82) is 0 Å². The molecule has 4 heteroatoms. The number of sulfonamides is 1. The summed E-state index contributed by atoms with van der Waals surface area (Å²) in [5.41, 5.74) is 1.34. The van der Waals surface area contributed by atoms with Crippen LogP contribution in [0.3, 0.4) is 0 Å². The Kier molecular flexibility index (Phi) is 3.41. The highest BCUT2D eigenvalue weighted by Gasteiger charge is 2.49. The van der Waals surface area contributed by atoms with Gasteiger partial charge in [0.15, 0.2) is 0 Å². The highest BCUT2D eigenvalue weighted by atomic mass is 32.2. The largest absolute Gasteiger partial charge is 0.243 e. The van der Waals surface area contributed by atoms with Gasteiger partial charge < -0.3 is 0 Å². The van der Waals surface area contributed by atoms with E-state index in [2.05, 4.69) is 6.92 Å². The molecule has 1 aromatic rings. The predicted octanol–water partition coefficient (Wildman–Crippen LogP) is 3.20. The molecule has 1 heterocycles. The van der Waals surface area contributed by atoms with Gasteiger partial charge in [-0.25, -0.2) is 8.42 Å². The maximum atomic E-state index is 12.8. The summed E-state index contributed by atoms with van der Waals surface area (Å²) in [5, 5.41) is 0. The topological polar surface area (TPSA) is 37.4 Å². The number of nitrogens with zero attached hydrogens (tertiary/aromatic N) is 1. The van der Waals surface area contributed by atoms with Crippen LogP contribution in [0.15, 0.2) is 29.2 Å². The summed E-state index contributed by atoms with van der Waals surface area (Å²) in [7, 11) is -3.32. The zero-order valence-electron chi connectivity index (χ0n) is 12.3. The van der Waals surface area contributed by atoms with E-state index in [-0.39, 0.29) is 5.41 Å². The molecule has 1 saturated heterocycles. The molecule has 2 fully saturated rings. The van der Waals surface area contributed by atoms with Gasteiger partial charge in [-0.15, -0.1) is 0 Å². The van der Waals surface area contributed by atoms with E-state index in [1.54, 1.807) is 16.4 Å². The van der Waals surface area contributed by atoms with Crippen LogP contribution in [0.2, 0.25) is 0 Å². The Balaban J connectivity index is 1.88. The number of hydrogen-bond donors (Lipinski definition) is 0. The van der Waals surface area contributed by atoms with Crippen molar-refractivity contribution < 1.29 is 8.42 Å². The number of benzene rings is 1. The first kappa shape index (κ1) is 14.1. The molecule has 0 N–H and O–H groups in total. The molecule has 1 saturated carbocycles. The van der Waals surface area contributed by atoms with Crippen LogP contribution in [0.1, 0.15) is 38.2 Å². The van der Waals surface area contributed by atoms with Crippen molar-refractivity contribution in [1.82, 2.24) is 4.31 Å². The quantitative estimate of drug-likeness (QED) is 0.839. The van der Waals surface area contributed by atoms with E-state index in [9.17, 15) is 8.42 Å². The fourth-order valence-corrected chi connectivity index (χ4v) is 5.47. The van der Waals surface area contributed by atoms with Crippen molar-refractivity contribution in [2.45, 2.75) is 44.4 Å². The third-order valence-electron chi connectivity index (χ3n) is 5.27. The van der Waals surface area contributed by atoms with Crippen molar-refractivity contribution in [2.75, 3.05) is 13.1 Å². The molecule has 0 aromatic heterocycles. The molecule has 1 atom stereocenters. The van der Waals surface area contributed by atoms with Crippen molar-refractivity contribution in [3.8, 4) is 0 Å². The molecule has 110 valence electrons. The van der Waals surface area contributed by atoms with E-state index < -0.39 is 10.0 Å². The second-order valence-corrected chi connectivity index (χ2v) is 8.52. The minimum atomic E-state index is -3.32. The Morgan fingerprint density at radius 2 is 1.75 bits per heavy atom. The summed E-state index contributed by atoms with van der Waals surface area (Å²) >= 11 is 0. The average molecular weight is 293 g/mol. The molecule has 1 aliphatic heterocycles. The summed E-state index contributed by atoms with van der Waals surface area (Å²) in [4.78, 5) is 0.436. The summed E-state index contributed by atoms with van der Waals surface area (Å²) in [6.07, 6.45) is 4.88. The van der Waals surface area contributed by atoms with Gasteiger partial charge >= 0.3 is 0 Å². The van der Waals surface area contributed by atoms with Gasteiger partial charge in [-0.05, 0) is 43.2 Å². The summed E-state index contributed by atoms with van der Waals surface area (Å²) in [5.74, 6) is 0.477. The Morgan fingerprint density at radius 3 is 2.35 bits per heavy atom. The van der Waals surface area contributed by atoms with Crippen molar-refractivity contribution >= 4 is 10.0 Å². The molecule has 2 aliphatic rings. The van der Waals surface area contributed by atoms with Crippen LogP contribution in [0.25, 0.3) is 0 Å². The van der Waals surface area contributed by atoms with Crippen LogP contribution >= 0.6 is 0 Å². The lowest BCUT2D eigenvalue weighted by Crippen LogP contribution is -2.31. The standard InChI is InChI=1S/C16H23NO2S/c1-13-5-7-15(8-6-13)20(18,19)17-11-14(2)16(12-17)9-3-4-10-16/h5-8,14H,3-4,9-12H2,1-2H3. The van der Waals surface area contributed by atoms with E-state index in [4.69, 9.17) is 0 Å².